The Hall–Kier alpha value is -1.57. The summed E-state index contributed by atoms with van der Waals surface area (Å²) in [5, 5.41) is 0. The highest BCUT2D eigenvalue weighted by Crippen LogP contribution is 2.37. The van der Waals surface area contributed by atoms with Crippen LogP contribution in [-0.4, -0.2) is 12.4 Å². The van der Waals surface area contributed by atoms with Crippen molar-refractivity contribution in [2.24, 2.45) is 27.7 Å². The maximum Gasteiger partial charge on any atom is 0.244 e. The van der Waals surface area contributed by atoms with E-state index in [1.807, 2.05) is 12.4 Å². The Morgan fingerprint density at radius 2 is 1.46 bits per heavy atom. The monoisotopic (exact) mass is 353 g/mol. The number of hydrogen-bond donors (Lipinski definition) is 0. The van der Waals surface area contributed by atoms with Crippen LogP contribution < -0.4 is 0 Å². The van der Waals surface area contributed by atoms with Gasteiger partial charge in [-0.2, -0.15) is 0 Å². The lowest BCUT2D eigenvalue weighted by Gasteiger charge is -2.29. The highest BCUT2D eigenvalue weighted by Gasteiger charge is 2.36. The summed E-state index contributed by atoms with van der Waals surface area (Å²) >= 11 is 0. The van der Waals surface area contributed by atoms with Crippen LogP contribution in [0.3, 0.4) is 0 Å². The summed E-state index contributed by atoms with van der Waals surface area (Å²) in [5.74, 6) is 1.70. The maximum atomic E-state index is 4.59. The second-order valence-electron chi connectivity index (χ2n) is 8.03. The molecule has 0 aliphatic carbocycles. The summed E-state index contributed by atoms with van der Waals surface area (Å²) in [6, 6.07) is 10.9. The number of benzene rings is 1. The van der Waals surface area contributed by atoms with Crippen molar-refractivity contribution in [3.63, 3.8) is 0 Å². The molecule has 1 aliphatic heterocycles. The van der Waals surface area contributed by atoms with Gasteiger partial charge < -0.3 is 0 Å². The Morgan fingerprint density at radius 1 is 0.846 bits per heavy atom. The van der Waals surface area contributed by atoms with Crippen molar-refractivity contribution in [1.82, 2.24) is 0 Å². The second kappa shape index (κ2) is 11.9. The van der Waals surface area contributed by atoms with Crippen LogP contribution in [0.25, 0.3) is 0 Å². The molecule has 142 valence electrons. The van der Waals surface area contributed by atoms with Gasteiger partial charge in [0.05, 0.1) is 5.92 Å². The lowest BCUT2D eigenvalue weighted by Crippen LogP contribution is -2.26. The molecule has 0 amide bonds. The largest absolute Gasteiger partial charge is 0.244 e. The van der Waals surface area contributed by atoms with Crippen molar-refractivity contribution < 1.29 is 0 Å². The average molecular weight is 354 g/mol. The van der Waals surface area contributed by atoms with Crippen LogP contribution in [0.4, 0.5) is 0 Å². The van der Waals surface area contributed by atoms with Crippen LogP contribution in [0.1, 0.15) is 77.7 Å². The van der Waals surface area contributed by atoms with E-state index in [9.17, 15) is 0 Å². The zero-order valence-electron chi connectivity index (χ0n) is 17.0. The maximum absolute atomic E-state index is 4.59. The minimum Gasteiger partial charge on any atom is -0.0965 e. The summed E-state index contributed by atoms with van der Waals surface area (Å²) in [4.78, 5) is 9.18. The summed E-state index contributed by atoms with van der Waals surface area (Å²) in [5.41, 5.74) is 1.43. The molecule has 0 saturated carbocycles. The molecule has 0 bridgehead atoms. The molecule has 0 aromatic heterocycles. The second-order valence-corrected chi connectivity index (χ2v) is 8.03. The van der Waals surface area contributed by atoms with Crippen molar-refractivity contribution in [2.75, 3.05) is 0 Å². The molecule has 2 atom stereocenters. The van der Waals surface area contributed by atoms with E-state index in [2.05, 4.69) is 61.1 Å². The molecule has 2 heteroatoms. The van der Waals surface area contributed by atoms with Crippen LogP contribution in [0.15, 0.2) is 40.3 Å². The van der Waals surface area contributed by atoms with Crippen LogP contribution in [-0.2, 0) is 6.42 Å². The van der Waals surface area contributed by atoms with E-state index in [4.69, 9.17) is 0 Å². The molecule has 0 N–H and O–H groups in total. The van der Waals surface area contributed by atoms with E-state index in [-0.39, 0.29) is 0 Å². The molecule has 26 heavy (non-hydrogen) atoms. The zero-order chi connectivity index (χ0) is 18.6. The molecule has 2 nitrogen and oxygen atoms in total. The molecule has 1 aromatic rings. The van der Waals surface area contributed by atoms with Gasteiger partial charge in [-0.15, -0.1) is 0 Å². The topological polar surface area (TPSA) is 24.7 Å². The highest BCUT2D eigenvalue weighted by atomic mass is 15.0. The first-order valence-electron chi connectivity index (χ1n) is 10.7. The molecule has 0 radical (unpaired) electrons. The lowest BCUT2D eigenvalue weighted by molar-refractivity contribution is 0.240. The fourth-order valence-electron chi connectivity index (χ4n) is 4.03. The number of rotatable bonds is 13. The highest BCUT2D eigenvalue weighted by molar-refractivity contribution is 6.18. The fourth-order valence-corrected chi connectivity index (χ4v) is 4.03. The Morgan fingerprint density at radius 3 is 2.08 bits per heavy atom. The van der Waals surface area contributed by atoms with Gasteiger partial charge in [0.1, 0.15) is 0 Å². The van der Waals surface area contributed by atoms with Gasteiger partial charge in [-0.1, -0.05) is 106 Å². The summed E-state index contributed by atoms with van der Waals surface area (Å²) in [6.45, 7) is 6.99. The van der Waals surface area contributed by atoms with Crippen molar-refractivity contribution in [1.29, 1.82) is 0 Å². The molecule has 0 spiro atoms. The van der Waals surface area contributed by atoms with Crippen LogP contribution in [0.5, 0.6) is 0 Å². The minimum atomic E-state index is 0.473. The van der Waals surface area contributed by atoms with Crippen LogP contribution >= 0.6 is 0 Å². The molecule has 2 rings (SSSR count). The first-order chi connectivity index (χ1) is 12.7. The van der Waals surface area contributed by atoms with Gasteiger partial charge >= 0.3 is 0 Å². The summed E-state index contributed by atoms with van der Waals surface area (Å²) in [7, 11) is 0. The molecule has 1 aromatic carbocycles. The van der Waals surface area contributed by atoms with Crippen molar-refractivity contribution in [3.05, 3.63) is 42.1 Å². The number of nitrogens with zero attached hydrogens (tertiary/aromatic N) is 2. The smallest absolute Gasteiger partial charge is 0.0965 e. The Labute approximate surface area is 161 Å². The standard InChI is InChI=1S/C24H37N2/c1-4-5-6-7-8-9-13-16-22(24-25-17-18-26-24)23(20(2)3)19-21-14-11-10-12-15-21/h10-12,14-15,17-18,20,22-23H,4-9,13,16,19H2,1-3H3/q+1. The van der Waals surface area contributed by atoms with Crippen molar-refractivity contribution >= 4 is 12.4 Å². The number of unbranched alkanes of at least 4 members (excludes halogenated alkanes) is 6. The zero-order valence-corrected chi connectivity index (χ0v) is 17.0. The first kappa shape index (κ1) is 20.7. The lowest BCUT2D eigenvalue weighted by atomic mass is 9.75. The van der Waals surface area contributed by atoms with E-state index in [1.54, 1.807) is 0 Å². The van der Waals surface area contributed by atoms with Gasteiger partial charge in [0.25, 0.3) is 0 Å². The Bertz CT molecular complexity index is 520. The molecule has 1 heterocycles. The quantitative estimate of drug-likeness (QED) is 0.272. The predicted molar refractivity (Wildman–Crippen MR) is 115 cm³/mol. The van der Waals surface area contributed by atoms with E-state index < -0.39 is 0 Å². The van der Waals surface area contributed by atoms with Gasteiger partial charge in [-0.05, 0) is 30.2 Å². The van der Waals surface area contributed by atoms with Crippen molar-refractivity contribution in [3.8, 4) is 0 Å². The summed E-state index contributed by atoms with van der Waals surface area (Å²) < 4.78 is 0. The van der Waals surface area contributed by atoms with E-state index in [0.29, 0.717) is 17.8 Å². The van der Waals surface area contributed by atoms with E-state index in [1.165, 1.54) is 56.9 Å². The third kappa shape index (κ3) is 6.97. The fraction of sp³-hybridized carbons (Fsp3) is 0.625. The van der Waals surface area contributed by atoms with Crippen LogP contribution in [0, 0.1) is 23.9 Å². The number of hydrogen-bond acceptors (Lipinski definition) is 2. The van der Waals surface area contributed by atoms with E-state index >= 15 is 0 Å². The SMILES string of the molecule is CCCCCCCCCC([C+]1N=CC=N1)C(Cc1ccccc1)C(C)C. The van der Waals surface area contributed by atoms with Gasteiger partial charge in [0, 0.05) is 0 Å². The Balaban J connectivity index is 1.93. The van der Waals surface area contributed by atoms with Gasteiger partial charge in [-0.25, -0.2) is 0 Å². The normalized spacial score (nSPS) is 15.8. The molecule has 1 aliphatic rings. The van der Waals surface area contributed by atoms with Crippen molar-refractivity contribution in [2.45, 2.75) is 78.6 Å². The van der Waals surface area contributed by atoms with Gasteiger partial charge in [-0.3, -0.25) is 0 Å². The number of aliphatic imine (C=N–C) groups is 2. The molecular formula is C24H37N2+. The molecule has 0 fully saturated rings. The molecular weight excluding hydrogens is 316 g/mol. The predicted octanol–water partition coefficient (Wildman–Crippen LogP) is 6.90. The average Bonchev–Trinajstić information content (AvgIpc) is 3.18. The third-order valence-corrected chi connectivity index (χ3v) is 5.62. The molecule has 2 unspecified atom stereocenters. The Kier molecular flexibility index (Phi) is 9.52. The summed E-state index contributed by atoms with van der Waals surface area (Å²) in [6.07, 6.45) is 16.6. The first-order valence-corrected chi connectivity index (χ1v) is 10.7. The minimum absolute atomic E-state index is 0.473. The van der Waals surface area contributed by atoms with E-state index in [0.717, 1.165) is 12.6 Å². The third-order valence-electron chi connectivity index (χ3n) is 5.62. The van der Waals surface area contributed by atoms with Gasteiger partial charge in [0.2, 0.25) is 6.17 Å². The van der Waals surface area contributed by atoms with Gasteiger partial charge in [0.15, 0.2) is 12.4 Å². The molecule has 0 saturated heterocycles. The van der Waals surface area contributed by atoms with Crippen LogP contribution in [0.2, 0.25) is 0 Å².